The van der Waals surface area contributed by atoms with E-state index in [-0.39, 0.29) is 29.7 Å². The number of rotatable bonds is 4. The van der Waals surface area contributed by atoms with Gasteiger partial charge in [0.15, 0.2) is 5.76 Å². The zero-order valence-corrected chi connectivity index (χ0v) is 15.4. The van der Waals surface area contributed by atoms with Gasteiger partial charge in [0.1, 0.15) is 5.82 Å². The average Bonchev–Trinajstić information content (AvgIpc) is 3.20. The Labute approximate surface area is 162 Å². The fourth-order valence-corrected chi connectivity index (χ4v) is 3.58. The molecular weight excluding hydrogens is 357 g/mol. The maximum Gasteiger partial charge on any atom is 0.252 e. The van der Waals surface area contributed by atoms with Crippen LogP contribution in [0.1, 0.15) is 36.0 Å². The number of hydrogen-bond donors (Lipinski definition) is 2. The van der Waals surface area contributed by atoms with Gasteiger partial charge >= 0.3 is 0 Å². The Morgan fingerprint density at radius 3 is 2.46 bits per heavy atom. The average molecular weight is 379 g/mol. The van der Waals surface area contributed by atoms with Crippen LogP contribution in [0.25, 0.3) is 22.8 Å². The first-order chi connectivity index (χ1) is 13.6. The first kappa shape index (κ1) is 18.4. The van der Waals surface area contributed by atoms with Crippen LogP contribution in [0.5, 0.6) is 0 Å². The lowest BCUT2D eigenvalue weighted by Crippen LogP contribution is -2.40. The Hall–Kier alpha value is -2.99. The summed E-state index contributed by atoms with van der Waals surface area (Å²) in [7, 11) is 0. The quantitative estimate of drug-likeness (QED) is 0.714. The second kappa shape index (κ2) is 7.94. The topological polar surface area (TPSA) is 81.1 Å². The Bertz CT molecular complexity index is 977. The number of carbonyl (C=O) groups is 1. The fraction of sp³-hybridized carbons (Fsp3) is 0.273. The number of nitrogens with one attached hydrogen (secondary N) is 1. The van der Waals surface area contributed by atoms with Crippen molar-refractivity contribution in [2.75, 3.05) is 0 Å². The second-order valence-electron chi connectivity index (χ2n) is 7.14. The number of aromatic nitrogens is 1. The molecule has 1 aromatic heterocycles. The monoisotopic (exact) mass is 379 g/mol. The van der Waals surface area contributed by atoms with Crippen LogP contribution in [0.15, 0.2) is 59.1 Å². The van der Waals surface area contributed by atoms with Gasteiger partial charge < -0.3 is 15.5 Å². The summed E-state index contributed by atoms with van der Waals surface area (Å²) in [4.78, 5) is 17.1. The molecule has 0 bridgehead atoms. The van der Waals surface area contributed by atoms with Gasteiger partial charge in [-0.25, -0.2) is 9.37 Å². The number of halogens is 1. The smallest absolute Gasteiger partial charge is 0.252 e. The minimum Gasteiger partial charge on any atom is -0.436 e. The zero-order chi connectivity index (χ0) is 19.5. The van der Waals surface area contributed by atoms with Crippen molar-refractivity contribution in [1.29, 1.82) is 0 Å². The van der Waals surface area contributed by atoms with Crippen molar-refractivity contribution in [1.82, 2.24) is 10.3 Å². The van der Waals surface area contributed by atoms with Gasteiger partial charge in [-0.1, -0.05) is 24.3 Å². The van der Waals surface area contributed by atoms with Gasteiger partial charge in [0.05, 0.1) is 17.3 Å². The summed E-state index contributed by atoms with van der Waals surface area (Å²) < 4.78 is 19.8. The number of amides is 1. The van der Waals surface area contributed by atoms with E-state index in [1.807, 2.05) is 6.07 Å². The van der Waals surface area contributed by atoms with Gasteiger partial charge in [-0.15, -0.1) is 0 Å². The minimum atomic E-state index is -0.383. The maximum atomic E-state index is 14.0. The Kier molecular flexibility index (Phi) is 5.21. The molecule has 0 unspecified atom stereocenters. The third-order valence-corrected chi connectivity index (χ3v) is 5.15. The highest BCUT2D eigenvalue weighted by molar-refractivity contribution is 6.00. The SMILES string of the molecule is NC1CCC(NC(=O)c2ccccc2-c2ncc(-c3ccccc3F)o2)CC1. The predicted octanol–water partition coefficient (Wildman–Crippen LogP) is 4.15. The van der Waals surface area contributed by atoms with Gasteiger partial charge in [0.25, 0.3) is 5.91 Å². The van der Waals surface area contributed by atoms with Crippen LogP contribution in [-0.2, 0) is 0 Å². The summed E-state index contributed by atoms with van der Waals surface area (Å²) in [6.07, 6.45) is 5.07. The normalized spacial score (nSPS) is 19.4. The predicted molar refractivity (Wildman–Crippen MR) is 105 cm³/mol. The molecule has 3 aromatic rings. The van der Waals surface area contributed by atoms with Gasteiger partial charge in [0.2, 0.25) is 5.89 Å². The highest BCUT2D eigenvalue weighted by atomic mass is 19.1. The third-order valence-electron chi connectivity index (χ3n) is 5.15. The minimum absolute atomic E-state index is 0.124. The van der Waals surface area contributed by atoms with E-state index in [2.05, 4.69) is 10.3 Å². The molecule has 6 heteroatoms. The van der Waals surface area contributed by atoms with Crippen molar-refractivity contribution in [2.45, 2.75) is 37.8 Å². The lowest BCUT2D eigenvalue weighted by molar-refractivity contribution is 0.0926. The molecule has 0 saturated heterocycles. The summed E-state index contributed by atoms with van der Waals surface area (Å²) in [6, 6.07) is 13.8. The molecule has 1 saturated carbocycles. The van der Waals surface area contributed by atoms with Crippen LogP contribution >= 0.6 is 0 Å². The molecule has 1 aliphatic rings. The van der Waals surface area contributed by atoms with Crippen molar-refractivity contribution in [3.8, 4) is 22.8 Å². The number of benzene rings is 2. The van der Waals surface area contributed by atoms with E-state index >= 15 is 0 Å². The summed E-state index contributed by atoms with van der Waals surface area (Å²) >= 11 is 0. The first-order valence-electron chi connectivity index (χ1n) is 9.48. The van der Waals surface area contributed by atoms with E-state index in [0.717, 1.165) is 25.7 Å². The van der Waals surface area contributed by atoms with Crippen LogP contribution in [0, 0.1) is 5.82 Å². The molecule has 1 amide bonds. The van der Waals surface area contributed by atoms with E-state index < -0.39 is 0 Å². The van der Waals surface area contributed by atoms with Crippen LogP contribution in [0.4, 0.5) is 4.39 Å². The Balaban J connectivity index is 1.58. The molecule has 3 N–H and O–H groups in total. The number of hydrogen-bond acceptors (Lipinski definition) is 4. The van der Waals surface area contributed by atoms with Crippen molar-refractivity contribution in [3.63, 3.8) is 0 Å². The molecular formula is C22H22FN3O2. The molecule has 0 radical (unpaired) electrons. The second-order valence-corrected chi connectivity index (χ2v) is 7.14. The highest BCUT2D eigenvalue weighted by Crippen LogP contribution is 2.29. The van der Waals surface area contributed by atoms with Crippen LogP contribution < -0.4 is 11.1 Å². The first-order valence-corrected chi connectivity index (χ1v) is 9.48. The molecule has 1 aliphatic carbocycles. The molecule has 0 spiro atoms. The molecule has 2 aromatic carbocycles. The molecule has 4 rings (SSSR count). The van der Waals surface area contributed by atoms with Crippen molar-refractivity contribution in [3.05, 3.63) is 66.1 Å². The van der Waals surface area contributed by atoms with Crippen LogP contribution in [0.2, 0.25) is 0 Å². The van der Waals surface area contributed by atoms with Gasteiger partial charge in [-0.2, -0.15) is 0 Å². The lowest BCUT2D eigenvalue weighted by atomic mass is 9.91. The van der Waals surface area contributed by atoms with E-state index in [4.69, 9.17) is 10.2 Å². The maximum absolute atomic E-state index is 14.0. The fourth-order valence-electron chi connectivity index (χ4n) is 3.58. The summed E-state index contributed by atoms with van der Waals surface area (Å²) in [5, 5.41) is 3.09. The van der Waals surface area contributed by atoms with Crippen molar-refractivity contribution >= 4 is 5.91 Å². The zero-order valence-electron chi connectivity index (χ0n) is 15.4. The lowest BCUT2D eigenvalue weighted by Gasteiger charge is -2.27. The molecule has 1 fully saturated rings. The van der Waals surface area contributed by atoms with Gasteiger partial charge in [-0.3, -0.25) is 4.79 Å². The van der Waals surface area contributed by atoms with Crippen LogP contribution in [0.3, 0.4) is 0 Å². The number of nitrogens with zero attached hydrogens (tertiary/aromatic N) is 1. The molecule has 1 heterocycles. The highest BCUT2D eigenvalue weighted by Gasteiger charge is 2.23. The Morgan fingerprint density at radius 1 is 1.04 bits per heavy atom. The molecule has 28 heavy (non-hydrogen) atoms. The number of nitrogens with two attached hydrogens (primary N) is 1. The summed E-state index contributed by atoms with van der Waals surface area (Å²) in [5.41, 5.74) is 7.34. The Morgan fingerprint density at radius 2 is 1.71 bits per heavy atom. The van der Waals surface area contributed by atoms with E-state index in [9.17, 15) is 9.18 Å². The third kappa shape index (κ3) is 3.82. The molecule has 5 nitrogen and oxygen atoms in total. The molecule has 0 atom stereocenters. The van der Waals surface area contributed by atoms with E-state index in [0.29, 0.717) is 22.5 Å². The molecule has 144 valence electrons. The van der Waals surface area contributed by atoms with E-state index in [1.165, 1.54) is 12.3 Å². The number of oxazole rings is 1. The van der Waals surface area contributed by atoms with Crippen molar-refractivity contribution < 1.29 is 13.6 Å². The summed E-state index contributed by atoms with van der Waals surface area (Å²) in [5.74, 6) is 0.0627. The van der Waals surface area contributed by atoms with Gasteiger partial charge in [0, 0.05) is 17.6 Å². The van der Waals surface area contributed by atoms with E-state index in [1.54, 1.807) is 36.4 Å². The molecule has 0 aliphatic heterocycles. The largest absolute Gasteiger partial charge is 0.436 e. The summed E-state index contributed by atoms with van der Waals surface area (Å²) in [6.45, 7) is 0. The van der Waals surface area contributed by atoms with Gasteiger partial charge in [-0.05, 0) is 49.9 Å². The van der Waals surface area contributed by atoms with Crippen molar-refractivity contribution in [2.24, 2.45) is 5.73 Å². The standard InChI is InChI=1S/C22H22FN3O2/c23-19-8-4-3-7-18(19)20-13-25-22(28-20)17-6-2-1-5-16(17)21(27)26-15-11-9-14(24)10-12-15/h1-8,13-15H,9-12,24H2,(H,26,27). The van der Waals surface area contributed by atoms with Crippen LogP contribution in [-0.4, -0.2) is 23.0 Å². The number of carbonyl (C=O) groups excluding carboxylic acids is 1.